The third-order valence-electron chi connectivity index (χ3n) is 3.40. The molecule has 0 saturated heterocycles. The molecule has 0 unspecified atom stereocenters. The molecule has 0 bridgehead atoms. The number of fused-ring (bicyclic) bond motifs is 1. The molecule has 0 fully saturated rings. The molecule has 2 aromatic heterocycles. The van der Waals surface area contributed by atoms with Crippen molar-refractivity contribution in [1.29, 1.82) is 0 Å². The van der Waals surface area contributed by atoms with Crippen LogP contribution >= 0.6 is 22.6 Å². The Bertz CT molecular complexity index is 751. The minimum Gasteiger partial charge on any atom is -0.302 e. The molecule has 0 radical (unpaired) electrons. The van der Waals surface area contributed by atoms with Crippen molar-refractivity contribution in [3.05, 3.63) is 52.3 Å². The SMILES string of the molecule is CC(C)(C)c1ccc(-c2nc(I)cn3cncc23)cc1. The molecule has 0 aliphatic rings. The predicted octanol–water partition coefficient (Wildman–Crippen LogP) is 4.30. The fourth-order valence-electron chi connectivity index (χ4n) is 2.24. The highest BCUT2D eigenvalue weighted by molar-refractivity contribution is 14.1. The van der Waals surface area contributed by atoms with Crippen LogP contribution in [0.1, 0.15) is 26.3 Å². The Kier molecular flexibility index (Phi) is 3.28. The zero-order valence-electron chi connectivity index (χ0n) is 11.8. The molecule has 0 saturated carbocycles. The number of imidazole rings is 1. The van der Waals surface area contributed by atoms with E-state index >= 15 is 0 Å². The number of hydrogen-bond acceptors (Lipinski definition) is 2. The third-order valence-corrected chi connectivity index (χ3v) is 3.92. The van der Waals surface area contributed by atoms with Crippen LogP contribution in [-0.4, -0.2) is 14.4 Å². The highest BCUT2D eigenvalue weighted by Gasteiger charge is 2.14. The van der Waals surface area contributed by atoms with E-state index in [1.807, 2.05) is 23.1 Å². The van der Waals surface area contributed by atoms with Gasteiger partial charge in [0.15, 0.2) is 0 Å². The summed E-state index contributed by atoms with van der Waals surface area (Å²) < 4.78 is 2.98. The van der Waals surface area contributed by atoms with Crippen molar-refractivity contribution in [1.82, 2.24) is 14.4 Å². The first-order valence-corrected chi connectivity index (χ1v) is 7.62. The first-order valence-electron chi connectivity index (χ1n) is 6.54. The van der Waals surface area contributed by atoms with E-state index in [1.165, 1.54) is 5.56 Å². The smallest absolute Gasteiger partial charge is 0.118 e. The van der Waals surface area contributed by atoms with Gasteiger partial charge in [-0.05, 0) is 33.6 Å². The van der Waals surface area contributed by atoms with Gasteiger partial charge in [-0.1, -0.05) is 45.0 Å². The van der Waals surface area contributed by atoms with E-state index in [4.69, 9.17) is 0 Å². The summed E-state index contributed by atoms with van der Waals surface area (Å²) in [6, 6.07) is 8.66. The average Bonchev–Trinajstić information content (AvgIpc) is 2.85. The molecule has 0 spiro atoms. The molecular formula is C16H16IN3. The van der Waals surface area contributed by atoms with Crippen LogP contribution in [0.25, 0.3) is 16.8 Å². The summed E-state index contributed by atoms with van der Waals surface area (Å²) in [5.41, 5.74) is 4.64. The fraction of sp³-hybridized carbons (Fsp3) is 0.250. The van der Waals surface area contributed by atoms with Crippen molar-refractivity contribution in [3.8, 4) is 11.3 Å². The van der Waals surface area contributed by atoms with E-state index in [0.29, 0.717) is 0 Å². The van der Waals surface area contributed by atoms with Crippen LogP contribution in [0.5, 0.6) is 0 Å². The summed E-state index contributed by atoms with van der Waals surface area (Å²) in [6.45, 7) is 6.67. The Morgan fingerprint density at radius 2 is 1.80 bits per heavy atom. The van der Waals surface area contributed by atoms with Crippen molar-refractivity contribution in [2.45, 2.75) is 26.2 Å². The van der Waals surface area contributed by atoms with Gasteiger partial charge in [0.25, 0.3) is 0 Å². The molecule has 3 nitrogen and oxygen atoms in total. The summed E-state index contributed by atoms with van der Waals surface area (Å²) in [7, 11) is 0. The van der Waals surface area contributed by atoms with Gasteiger partial charge in [0.05, 0.1) is 23.7 Å². The van der Waals surface area contributed by atoms with Gasteiger partial charge in [0.1, 0.15) is 3.70 Å². The number of rotatable bonds is 1. The first kappa shape index (κ1) is 13.5. The van der Waals surface area contributed by atoms with Crippen LogP contribution in [0.15, 0.2) is 43.0 Å². The van der Waals surface area contributed by atoms with Crippen LogP contribution in [0.3, 0.4) is 0 Å². The summed E-state index contributed by atoms with van der Waals surface area (Å²) in [5, 5.41) is 0. The Hall–Kier alpha value is -1.43. The Labute approximate surface area is 132 Å². The van der Waals surface area contributed by atoms with E-state index in [-0.39, 0.29) is 5.41 Å². The Balaban J connectivity index is 2.14. The van der Waals surface area contributed by atoms with Gasteiger partial charge >= 0.3 is 0 Å². The number of aromatic nitrogens is 3. The minimum atomic E-state index is 0.170. The number of hydrogen-bond donors (Lipinski definition) is 0. The molecule has 2 heterocycles. The van der Waals surface area contributed by atoms with Crippen LogP contribution in [-0.2, 0) is 5.41 Å². The number of benzene rings is 1. The van der Waals surface area contributed by atoms with Crippen molar-refractivity contribution >= 4 is 28.1 Å². The predicted molar refractivity (Wildman–Crippen MR) is 89.8 cm³/mol. The monoisotopic (exact) mass is 377 g/mol. The molecule has 1 aromatic carbocycles. The molecule has 20 heavy (non-hydrogen) atoms. The molecule has 4 heteroatoms. The summed E-state index contributed by atoms with van der Waals surface area (Å²) in [5.74, 6) is 0. The molecule has 0 N–H and O–H groups in total. The van der Waals surface area contributed by atoms with E-state index in [1.54, 1.807) is 0 Å². The standard InChI is InChI=1S/C16H16IN3/c1-16(2,3)12-6-4-11(5-7-12)15-13-8-18-10-20(13)9-14(17)19-15/h4-10H,1-3H3. The van der Waals surface area contributed by atoms with E-state index in [9.17, 15) is 0 Å². The van der Waals surface area contributed by atoms with Gasteiger partial charge in [-0.3, -0.25) is 0 Å². The number of halogens is 1. The first-order chi connectivity index (χ1) is 9.45. The number of nitrogens with zero attached hydrogens (tertiary/aromatic N) is 3. The van der Waals surface area contributed by atoms with Gasteiger partial charge in [0.2, 0.25) is 0 Å². The van der Waals surface area contributed by atoms with E-state index in [2.05, 4.69) is 77.6 Å². The summed E-state index contributed by atoms with van der Waals surface area (Å²) >= 11 is 2.24. The van der Waals surface area contributed by atoms with Crippen molar-refractivity contribution in [2.75, 3.05) is 0 Å². The normalized spacial score (nSPS) is 12.0. The van der Waals surface area contributed by atoms with E-state index < -0.39 is 0 Å². The second kappa shape index (κ2) is 4.84. The molecule has 3 aromatic rings. The third kappa shape index (κ3) is 2.44. The molecular weight excluding hydrogens is 361 g/mol. The van der Waals surface area contributed by atoms with Gasteiger partial charge in [-0.25, -0.2) is 9.97 Å². The second-order valence-electron chi connectivity index (χ2n) is 5.93. The van der Waals surface area contributed by atoms with Gasteiger partial charge < -0.3 is 4.40 Å². The minimum absolute atomic E-state index is 0.170. The lowest BCUT2D eigenvalue weighted by Gasteiger charge is -2.19. The zero-order valence-corrected chi connectivity index (χ0v) is 13.9. The molecule has 3 rings (SSSR count). The van der Waals surface area contributed by atoms with Crippen molar-refractivity contribution in [2.24, 2.45) is 0 Å². The van der Waals surface area contributed by atoms with Crippen LogP contribution in [0.4, 0.5) is 0 Å². The largest absolute Gasteiger partial charge is 0.302 e. The van der Waals surface area contributed by atoms with Gasteiger partial charge in [-0.15, -0.1) is 0 Å². The highest BCUT2D eigenvalue weighted by atomic mass is 127. The zero-order chi connectivity index (χ0) is 14.3. The van der Waals surface area contributed by atoms with Crippen molar-refractivity contribution < 1.29 is 0 Å². The van der Waals surface area contributed by atoms with Crippen molar-refractivity contribution in [3.63, 3.8) is 0 Å². The molecule has 0 aliphatic carbocycles. The highest BCUT2D eigenvalue weighted by Crippen LogP contribution is 2.27. The fourth-order valence-corrected chi connectivity index (χ4v) is 2.78. The maximum Gasteiger partial charge on any atom is 0.118 e. The molecule has 0 amide bonds. The summed E-state index contributed by atoms with van der Waals surface area (Å²) in [6.07, 6.45) is 5.65. The van der Waals surface area contributed by atoms with E-state index in [0.717, 1.165) is 20.5 Å². The van der Waals surface area contributed by atoms with Gasteiger partial charge in [-0.2, -0.15) is 0 Å². The summed E-state index contributed by atoms with van der Waals surface area (Å²) in [4.78, 5) is 8.87. The Morgan fingerprint density at radius 3 is 2.45 bits per heavy atom. The van der Waals surface area contributed by atoms with Crippen LogP contribution in [0.2, 0.25) is 0 Å². The molecule has 0 atom stereocenters. The quantitative estimate of drug-likeness (QED) is 0.592. The maximum absolute atomic E-state index is 4.66. The lowest BCUT2D eigenvalue weighted by atomic mass is 9.86. The topological polar surface area (TPSA) is 30.2 Å². The maximum atomic E-state index is 4.66. The average molecular weight is 377 g/mol. The molecule has 102 valence electrons. The molecule has 0 aliphatic heterocycles. The lowest BCUT2D eigenvalue weighted by molar-refractivity contribution is 0.590. The van der Waals surface area contributed by atoms with Gasteiger partial charge in [0, 0.05) is 11.8 Å². The van der Waals surface area contributed by atoms with Crippen LogP contribution in [0, 0.1) is 3.70 Å². The van der Waals surface area contributed by atoms with Crippen LogP contribution < -0.4 is 0 Å². The lowest BCUT2D eigenvalue weighted by Crippen LogP contribution is -2.10. The second-order valence-corrected chi connectivity index (χ2v) is 7.03. The Morgan fingerprint density at radius 1 is 1.10 bits per heavy atom.